The van der Waals surface area contributed by atoms with E-state index in [4.69, 9.17) is 0 Å². The molecule has 0 heterocycles. The zero-order chi connectivity index (χ0) is 8.20. The second kappa shape index (κ2) is 4.58. The van der Waals surface area contributed by atoms with E-state index < -0.39 is 0 Å². The van der Waals surface area contributed by atoms with E-state index in [-0.39, 0.29) is 0 Å². The normalized spacial score (nSPS) is 15.3. The summed E-state index contributed by atoms with van der Waals surface area (Å²) in [5.41, 5.74) is 0. The van der Waals surface area contributed by atoms with Gasteiger partial charge in [0.1, 0.15) is 0 Å². The van der Waals surface area contributed by atoms with Crippen molar-refractivity contribution >= 4 is 22.6 Å². The highest BCUT2D eigenvalue weighted by Crippen LogP contribution is 2.27. The number of hydrogen-bond acceptors (Lipinski definition) is 0. The molecule has 0 aliphatic heterocycles. The van der Waals surface area contributed by atoms with Gasteiger partial charge in [-0.05, 0) is 12.3 Å². The molecule has 0 rings (SSSR count). The quantitative estimate of drug-likeness (QED) is 0.525. The minimum absolute atomic E-state index is 0.492. The fraction of sp³-hybridized carbons (Fsp3) is 1.00. The second-order valence-electron chi connectivity index (χ2n) is 3.82. The Morgan fingerprint density at radius 1 is 1.40 bits per heavy atom. The van der Waals surface area contributed by atoms with E-state index in [1.165, 1.54) is 19.3 Å². The van der Waals surface area contributed by atoms with Gasteiger partial charge in [0.05, 0.1) is 0 Å². The number of alkyl halides is 1. The van der Waals surface area contributed by atoms with Crippen molar-refractivity contribution in [3.63, 3.8) is 0 Å². The van der Waals surface area contributed by atoms with Gasteiger partial charge in [0.2, 0.25) is 0 Å². The van der Waals surface area contributed by atoms with Crippen LogP contribution in [0.25, 0.3) is 0 Å². The molecule has 0 spiro atoms. The molecule has 0 saturated carbocycles. The van der Waals surface area contributed by atoms with Gasteiger partial charge in [0.25, 0.3) is 0 Å². The van der Waals surface area contributed by atoms with E-state index in [2.05, 4.69) is 50.3 Å². The molecule has 0 aliphatic carbocycles. The Labute approximate surface area is 78.9 Å². The fourth-order valence-electron chi connectivity index (χ4n) is 1.42. The van der Waals surface area contributed by atoms with Crippen molar-refractivity contribution in [1.29, 1.82) is 0 Å². The summed E-state index contributed by atoms with van der Waals surface area (Å²) >= 11 is 2.53. The lowest BCUT2D eigenvalue weighted by atomic mass is 9.95. The van der Waals surface area contributed by atoms with Gasteiger partial charge < -0.3 is 0 Å². The van der Waals surface area contributed by atoms with Crippen molar-refractivity contribution in [1.82, 2.24) is 0 Å². The molecule has 0 N–H and O–H groups in total. The van der Waals surface area contributed by atoms with Crippen molar-refractivity contribution in [2.45, 2.75) is 50.4 Å². The van der Waals surface area contributed by atoms with Gasteiger partial charge >= 0.3 is 0 Å². The zero-order valence-electron chi connectivity index (χ0n) is 7.58. The maximum Gasteiger partial charge on any atom is 0.0168 e. The summed E-state index contributed by atoms with van der Waals surface area (Å²) in [6.07, 6.45) is 4.06. The number of hydrogen-bond donors (Lipinski definition) is 0. The molecule has 0 fully saturated rings. The van der Waals surface area contributed by atoms with Crippen LogP contribution in [0, 0.1) is 5.92 Å². The molecule has 62 valence electrons. The Hall–Kier alpha value is 0.730. The first-order valence-electron chi connectivity index (χ1n) is 4.14. The molecule has 1 atom stereocenters. The van der Waals surface area contributed by atoms with Crippen LogP contribution in [-0.4, -0.2) is 3.42 Å². The van der Waals surface area contributed by atoms with Gasteiger partial charge in [0.15, 0.2) is 0 Å². The lowest BCUT2D eigenvalue weighted by Crippen LogP contribution is -2.13. The molecular formula is C9H19I. The zero-order valence-corrected chi connectivity index (χ0v) is 9.73. The molecule has 10 heavy (non-hydrogen) atoms. The molecule has 0 saturated heterocycles. The fourth-order valence-corrected chi connectivity index (χ4v) is 2.18. The van der Waals surface area contributed by atoms with Crippen LogP contribution in [0.15, 0.2) is 0 Å². The SMILES string of the molecule is CCCC(C)CC(C)(C)I. The molecule has 0 bridgehead atoms. The third-order valence-corrected chi connectivity index (χ3v) is 2.06. The largest absolute Gasteiger partial charge is 0.0795 e. The van der Waals surface area contributed by atoms with Gasteiger partial charge in [-0.25, -0.2) is 0 Å². The Morgan fingerprint density at radius 2 is 1.90 bits per heavy atom. The maximum absolute atomic E-state index is 2.53. The van der Waals surface area contributed by atoms with Crippen LogP contribution in [0.3, 0.4) is 0 Å². The van der Waals surface area contributed by atoms with Crippen LogP contribution in [0.2, 0.25) is 0 Å². The standard InChI is InChI=1S/C9H19I/c1-5-6-8(2)7-9(3,4)10/h8H,5-7H2,1-4H3. The number of halogens is 1. The van der Waals surface area contributed by atoms with E-state index in [9.17, 15) is 0 Å². The highest BCUT2D eigenvalue weighted by atomic mass is 127. The van der Waals surface area contributed by atoms with Crippen LogP contribution in [0.5, 0.6) is 0 Å². The molecule has 1 unspecified atom stereocenters. The van der Waals surface area contributed by atoms with Gasteiger partial charge in [-0.15, -0.1) is 0 Å². The first-order chi connectivity index (χ1) is 4.45. The van der Waals surface area contributed by atoms with Crippen LogP contribution < -0.4 is 0 Å². The molecule has 0 aromatic rings. The van der Waals surface area contributed by atoms with Crippen molar-refractivity contribution in [2.75, 3.05) is 0 Å². The lowest BCUT2D eigenvalue weighted by Gasteiger charge is -2.20. The van der Waals surface area contributed by atoms with E-state index in [0.29, 0.717) is 3.42 Å². The number of rotatable bonds is 4. The molecule has 0 amide bonds. The molecule has 0 aliphatic rings. The smallest absolute Gasteiger partial charge is 0.0168 e. The molecule has 0 aromatic heterocycles. The van der Waals surface area contributed by atoms with Crippen molar-refractivity contribution in [3.8, 4) is 0 Å². The van der Waals surface area contributed by atoms with Gasteiger partial charge in [-0.3, -0.25) is 0 Å². The molecular weight excluding hydrogens is 235 g/mol. The Balaban J connectivity index is 3.47. The lowest BCUT2D eigenvalue weighted by molar-refractivity contribution is 0.446. The maximum atomic E-state index is 2.53. The van der Waals surface area contributed by atoms with Crippen LogP contribution in [0.4, 0.5) is 0 Å². The highest BCUT2D eigenvalue weighted by molar-refractivity contribution is 14.1. The van der Waals surface area contributed by atoms with Crippen LogP contribution in [-0.2, 0) is 0 Å². The summed E-state index contributed by atoms with van der Waals surface area (Å²) in [7, 11) is 0. The minimum Gasteiger partial charge on any atom is -0.0795 e. The van der Waals surface area contributed by atoms with Gasteiger partial charge in [-0.2, -0.15) is 0 Å². The summed E-state index contributed by atoms with van der Waals surface area (Å²) < 4.78 is 0.492. The van der Waals surface area contributed by atoms with Crippen LogP contribution >= 0.6 is 22.6 Å². The summed E-state index contributed by atoms with van der Waals surface area (Å²) in [6, 6.07) is 0. The average molecular weight is 254 g/mol. The Bertz CT molecular complexity index is 81.2. The molecule has 0 nitrogen and oxygen atoms in total. The topological polar surface area (TPSA) is 0 Å². The van der Waals surface area contributed by atoms with Gasteiger partial charge in [-0.1, -0.05) is 63.1 Å². The minimum atomic E-state index is 0.492. The first kappa shape index (κ1) is 10.7. The molecule has 1 heteroatoms. The predicted octanol–water partition coefficient (Wildman–Crippen LogP) is 4.03. The average Bonchev–Trinajstić information content (AvgIpc) is 1.59. The summed E-state index contributed by atoms with van der Waals surface area (Å²) in [5, 5.41) is 0. The van der Waals surface area contributed by atoms with E-state index in [0.717, 1.165) is 5.92 Å². The third kappa shape index (κ3) is 6.84. The van der Waals surface area contributed by atoms with E-state index in [1.54, 1.807) is 0 Å². The van der Waals surface area contributed by atoms with E-state index >= 15 is 0 Å². The predicted molar refractivity (Wildman–Crippen MR) is 56.8 cm³/mol. The van der Waals surface area contributed by atoms with E-state index in [1.807, 2.05) is 0 Å². The van der Waals surface area contributed by atoms with Crippen molar-refractivity contribution in [3.05, 3.63) is 0 Å². The summed E-state index contributed by atoms with van der Waals surface area (Å²) in [4.78, 5) is 0. The summed E-state index contributed by atoms with van der Waals surface area (Å²) in [6.45, 7) is 9.22. The van der Waals surface area contributed by atoms with Crippen molar-refractivity contribution < 1.29 is 0 Å². The van der Waals surface area contributed by atoms with Gasteiger partial charge in [0, 0.05) is 3.42 Å². The Morgan fingerprint density at radius 3 is 2.20 bits per heavy atom. The second-order valence-corrected chi connectivity index (χ2v) is 6.74. The van der Waals surface area contributed by atoms with Crippen LogP contribution in [0.1, 0.15) is 47.0 Å². The van der Waals surface area contributed by atoms with Crippen molar-refractivity contribution in [2.24, 2.45) is 5.92 Å². The third-order valence-electron chi connectivity index (χ3n) is 1.62. The highest BCUT2D eigenvalue weighted by Gasteiger charge is 2.15. The summed E-state index contributed by atoms with van der Waals surface area (Å²) in [5.74, 6) is 0.900. The molecule has 0 radical (unpaired) electrons. The molecule has 0 aromatic carbocycles. The Kier molecular flexibility index (Phi) is 4.91. The monoisotopic (exact) mass is 254 g/mol. The first-order valence-corrected chi connectivity index (χ1v) is 5.22.